The lowest BCUT2D eigenvalue weighted by atomic mass is 9.79. The van der Waals surface area contributed by atoms with E-state index < -0.39 is 30.3 Å². The Morgan fingerprint density at radius 3 is 2.12 bits per heavy atom. The maximum Gasteiger partial charge on any atom is 0.331 e. The van der Waals surface area contributed by atoms with Crippen molar-refractivity contribution < 1.29 is 23.1 Å². The Labute approximate surface area is 153 Å². The maximum absolute atomic E-state index is 13.6. The molecule has 0 aliphatic heterocycles. The van der Waals surface area contributed by atoms with E-state index in [2.05, 4.69) is 5.32 Å². The monoisotopic (exact) mass is 367 g/mol. The minimum absolute atomic E-state index is 0.107. The average Bonchev–Trinajstić information content (AvgIpc) is 2.53. The zero-order chi connectivity index (χ0) is 19.5. The Morgan fingerprint density at radius 2 is 1.62 bits per heavy atom. The number of nitrogens with one attached hydrogen (secondary N) is 1. The predicted molar refractivity (Wildman–Crippen MR) is 95.3 cm³/mol. The van der Waals surface area contributed by atoms with Gasteiger partial charge in [0.25, 0.3) is 0 Å². The van der Waals surface area contributed by atoms with Crippen LogP contribution in [0.2, 0.25) is 0 Å². The van der Waals surface area contributed by atoms with Crippen molar-refractivity contribution in [3.63, 3.8) is 0 Å². The van der Waals surface area contributed by atoms with Crippen LogP contribution in [0.4, 0.5) is 8.78 Å². The number of hydrogen-bond donors (Lipinski definition) is 1. The number of rotatable bonds is 5. The molecule has 1 fully saturated rings. The fraction of sp³-hybridized carbons (Fsp3) is 0.600. The second-order valence-corrected chi connectivity index (χ2v) is 7.26. The smallest absolute Gasteiger partial charge is 0.331 e. The molecule has 0 atom stereocenters. The summed E-state index contributed by atoms with van der Waals surface area (Å²) in [5.41, 5.74) is 2.65. The van der Waals surface area contributed by atoms with E-state index in [1.165, 1.54) is 0 Å². The van der Waals surface area contributed by atoms with Crippen LogP contribution in [0.5, 0.6) is 0 Å². The second kappa shape index (κ2) is 7.72. The molecule has 2 rings (SSSR count). The van der Waals surface area contributed by atoms with E-state index >= 15 is 0 Å². The highest BCUT2D eigenvalue weighted by atomic mass is 19.3. The van der Waals surface area contributed by atoms with Gasteiger partial charge < -0.3 is 10.1 Å². The number of amides is 1. The SMILES string of the molecule is CCOC(=O)C1(NC(=O)Cc2c(C)cc(C)cc2C)CCC(F)(F)CC1. The molecular formula is C20H27F2NO3. The number of carbonyl (C=O) groups excluding carboxylic acids is 2. The minimum atomic E-state index is -2.80. The van der Waals surface area contributed by atoms with Crippen LogP contribution in [0, 0.1) is 20.8 Å². The molecule has 0 aromatic heterocycles. The standard InChI is InChI=1S/C20H27F2NO3/c1-5-26-18(25)19(6-8-20(21,22)9-7-19)23-17(24)12-16-14(3)10-13(2)11-15(16)4/h10-11H,5-9,12H2,1-4H3,(H,23,24). The summed E-state index contributed by atoms with van der Waals surface area (Å²) in [5, 5.41) is 2.73. The largest absolute Gasteiger partial charge is 0.464 e. The topological polar surface area (TPSA) is 55.4 Å². The summed E-state index contributed by atoms with van der Waals surface area (Å²) in [6.07, 6.45) is -0.994. The Balaban J connectivity index is 2.18. The van der Waals surface area contributed by atoms with Crippen molar-refractivity contribution in [2.45, 2.75) is 71.3 Å². The summed E-state index contributed by atoms with van der Waals surface area (Å²) in [5.74, 6) is -3.77. The van der Waals surface area contributed by atoms with Gasteiger partial charge in [-0.05, 0) is 57.2 Å². The number of hydrogen-bond acceptors (Lipinski definition) is 3. The summed E-state index contributed by atoms with van der Waals surface area (Å²) in [4.78, 5) is 25.1. The van der Waals surface area contributed by atoms with Gasteiger partial charge in [-0.2, -0.15) is 0 Å². The van der Waals surface area contributed by atoms with Gasteiger partial charge >= 0.3 is 5.97 Å². The fourth-order valence-electron chi connectivity index (χ4n) is 3.65. The Bertz CT molecular complexity index is 667. The van der Waals surface area contributed by atoms with Crippen LogP contribution >= 0.6 is 0 Å². The molecule has 1 N–H and O–H groups in total. The van der Waals surface area contributed by atoms with Gasteiger partial charge in [0.05, 0.1) is 13.0 Å². The van der Waals surface area contributed by atoms with Crippen LogP contribution in [0.1, 0.15) is 54.9 Å². The van der Waals surface area contributed by atoms with Gasteiger partial charge in [0.1, 0.15) is 5.54 Å². The summed E-state index contributed by atoms with van der Waals surface area (Å²) >= 11 is 0. The lowest BCUT2D eigenvalue weighted by Crippen LogP contribution is -2.58. The number of benzene rings is 1. The average molecular weight is 367 g/mol. The number of ether oxygens (including phenoxy) is 1. The second-order valence-electron chi connectivity index (χ2n) is 7.26. The molecule has 0 heterocycles. The molecule has 0 spiro atoms. The van der Waals surface area contributed by atoms with Crippen molar-refractivity contribution >= 4 is 11.9 Å². The van der Waals surface area contributed by atoms with Crippen molar-refractivity contribution in [3.8, 4) is 0 Å². The third-order valence-electron chi connectivity index (χ3n) is 5.06. The Hall–Kier alpha value is -1.98. The van der Waals surface area contributed by atoms with E-state index in [1.54, 1.807) is 6.92 Å². The highest BCUT2D eigenvalue weighted by molar-refractivity contribution is 5.89. The molecule has 6 heteroatoms. The number of carbonyl (C=O) groups is 2. The van der Waals surface area contributed by atoms with Gasteiger partial charge in [0.15, 0.2) is 0 Å². The van der Waals surface area contributed by atoms with Crippen molar-refractivity contribution in [1.29, 1.82) is 0 Å². The first-order valence-corrected chi connectivity index (χ1v) is 9.01. The van der Waals surface area contributed by atoms with Crippen LogP contribution in [-0.2, 0) is 20.7 Å². The summed E-state index contributed by atoms with van der Waals surface area (Å²) in [6, 6.07) is 4.00. The van der Waals surface area contributed by atoms with Crippen molar-refractivity contribution in [1.82, 2.24) is 5.32 Å². The molecule has 4 nitrogen and oxygen atoms in total. The molecule has 0 bridgehead atoms. The molecule has 26 heavy (non-hydrogen) atoms. The van der Waals surface area contributed by atoms with Crippen LogP contribution in [0.3, 0.4) is 0 Å². The zero-order valence-corrected chi connectivity index (χ0v) is 15.9. The van der Waals surface area contributed by atoms with E-state index in [4.69, 9.17) is 4.74 Å². The molecule has 1 aliphatic carbocycles. The molecule has 0 unspecified atom stereocenters. The Morgan fingerprint density at radius 1 is 1.08 bits per heavy atom. The van der Waals surface area contributed by atoms with Crippen LogP contribution in [0.15, 0.2) is 12.1 Å². The molecule has 0 saturated heterocycles. The summed E-state index contributed by atoms with van der Waals surface area (Å²) < 4.78 is 32.2. The van der Waals surface area contributed by atoms with Crippen molar-refractivity contribution in [3.05, 3.63) is 34.4 Å². The third-order valence-corrected chi connectivity index (χ3v) is 5.06. The lowest BCUT2D eigenvalue weighted by molar-refractivity contribution is -0.159. The van der Waals surface area contributed by atoms with E-state index in [1.807, 2.05) is 32.9 Å². The first kappa shape index (κ1) is 20.3. The molecule has 1 saturated carbocycles. The molecule has 1 aliphatic rings. The first-order valence-electron chi connectivity index (χ1n) is 9.01. The van der Waals surface area contributed by atoms with E-state index in [0.29, 0.717) is 0 Å². The predicted octanol–water partition coefficient (Wildman–Crippen LogP) is 3.78. The van der Waals surface area contributed by atoms with Gasteiger partial charge in [0.2, 0.25) is 11.8 Å². The minimum Gasteiger partial charge on any atom is -0.464 e. The highest BCUT2D eigenvalue weighted by Gasteiger charge is 2.49. The highest BCUT2D eigenvalue weighted by Crippen LogP contribution is 2.39. The molecule has 0 radical (unpaired) electrons. The van der Waals surface area contributed by atoms with E-state index in [0.717, 1.165) is 22.3 Å². The van der Waals surface area contributed by atoms with Crippen molar-refractivity contribution in [2.24, 2.45) is 0 Å². The van der Waals surface area contributed by atoms with Crippen LogP contribution < -0.4 is 5.32 Å². The number of aryl methyl sites for hydroxylation is 3. The number of halogens is 2. The summed E-state index contributed by atoms with van der Waals surface area (Å²) in [7, 11) is 0. The summed E-state index contributed by atoms with van der Waals surface area (Å²) in [6.45, 7) is 7.66. The van der Waals surface area contributed by atoms with Gasteiger partial charge in [-0.15, -0.1) is 0 Å². The third kappa shape index (κ3) is 4.59. The van der Waals surface area contributed by atoms with Crippen LogP contribution in [-0.4, -0.2) is 29.9 Å². The quantitative estimate of drug-likeness (QED) is 0.806. The van der Waals surface area contributed by atoms with Gasteiger partial charge in [0, 0.05) is 12.8 Å². The normalized spacial score (nSPS) is 18.2. The Kier molecular flexibility index (Phi) is 6.04. The van der Waals surface area contributed by atoms with Crippen LogP contribution in [0.25, 0.3) is 0 Å². The van der Waals surface area contributed by atoms with E-state index in [-0.39, 0.29) is 31.8 Å². The zero-order valence-electron chi connectivity index (χ0n) is 15.9. The van der Waals surface area contributed by atoms with Gasteiger partial charge in [-0.3, -0.25) is 4.79 Å². The maximum atomic E-state index is 13.6. The van der Waals surface area contributed by atoms with Crippen molar-refractivity contribution in [2.75, 3.05) is 6.61 Å². The molecule has 144 valence electrons. The number of alkyl halides is 2. The molecule has 1 aromatic rings. The number of esters is 1. The molecule has 1 aromatic carbocycles. The van der Waals surface area contributed by atoms with Gasteiger partial charge in [-0.1, -0.05) is 17.7 Å². The van der Waals surface area contributed by atoms with E-state index in [9.17, 15) is 18.4 Å². The molecular weight excluding hydrogens is 340 g/mol. The fourth-order valence-corrected chi connectivity index (χ4v) is 3.65. The van der Waals surface area contributed by atoms with Gasteiger partial charge in [-0.25, -0.2) is 13.6 Å². The molecule has 1 amide bonds. The first-order chi connectivity index (χ1) is 12.1. The lowest BCUT2D eigenvalue weighted by Gasteiger charge is -2.38.